The Kier molecular flexibility index (Phi) is 4.37. The Balaban J connectivity index is 0.00000128. The van der Waals surface area contributed by atoms with Crippen molar-refractivity contribution in [1.82, 2.24) is 5.32 Å². The standard InChI is InChI=1S/C10H18N2O3.H2O/c1-11-9(8-12-13)2-4-10(5-3-9)14-6-7-15-10;/h11H,2-8H2,1H3;1H2. The lowest BCUT2D eigenvalue weighted by Crippen LogP contribution is -2.52. The minimum absolute atomic E-state index is 0. The average molecular weight is 232 g/mol. The normalized spacial score (nSPS) is 26.3. The molecular formula is C10H20N2O4. The predicted molar refractivity (Wildman–Crippen MR) is 59.2 cm³/mol. The van der Waals surface area contributed by atoms with Crippen molar-refractivity contribution in [2.45, 2.75) is 37.0 Å². The SMILES string of the molecule is CNC1(CN=O)CCC2(CC1)OCCO2.O. The third-order valence-corrected chi connectivity index (χ3v) is 3.68. The van der Waals surface area contributed by atoms with E-state index < -0.39 is 0 Å². The molecule has 0 aromatic carbocycles. The van der Waals surface area contributed by atoms with Crippen LogP contribution in [0.2, 0.25) is 0 Å². The van der Waals surface area contributed by atoms with Gasteiger partial charge in [-0.1, -0.05) is 5.18 Å². The van der Waals surface area contributed by atoms with Crippen molar-refractivity contribution >= 4 is 0 Å². The van der Waals surface area contributed by atoms with Gasteiger partial charge >= 0.3 is 0 Å². The van der Waals surface area contributed by atoms with Crippen molar-refractivity contribution in [1.29, 1.82) is 0 Å². The molecule has 0 radical (unpaired) electrons. The molecule has 16 heavy (non-hydrogen) atoms. The second kappa shape index (κ2) is 5.18. The highest BCUT2D eigenvalue weighted by Crippen LogP contribution is 2.40. The van der Waals surface area contributed by atoms with Crippen LogP contribution in [0, 0.1) is 4.91 Å². The van der Waals surface area contributed by atoms with E-state index in [9.17, 15) is 4.91 Å². The van der Waals surface area contributed by atoms with Gasteiger partial charge in [0.2, 0.25) is 0 Å². The highest BCUT2D eigenvalue weighted by atomic mass is 16.7. The number of likely N-dealkylation sites (N-methyl/N-ethyl adjacent to an activating group) is 1. The first-order valence-electron chi connectivity index (χ1n) is 5.50. The van der Waals surface area contributed by atoms with Gasteiger partial charge in [0.15, 0.2) is 5.79 Å². The van der Waals surface area contributed by atoms with Crippen molar-refractivity contribution < 1.29 is 14.9 Å². The fourth-order valence-electron chi connectivity index (χ4n) is 2.51. The third kappa shape index (κ3) is 2.40. The summed E-state index contributed by atoms with van der Waals surface area (Å²) in [7, 11) is 1.89. The lowest BCUT2D eigenvalue weighted by atomic mass is 9.79. The Morgan fingerprint density at radius 2 is 1.75 bits per heavy atom. The third-order valence-electron chi connectivity index (χ3n) is 3.68. The Labute approximate surface area is 95.0 Å². The molecule has 2 aliphatic rings. The summed E-state index contributed by atoms with van der Waals surface area (Å²) in [6.07, 6.45) is 3.47. The molecule has 0 atom stereocenters. The van der Waals surface area contributed by atoms with Crippen LogP contribution in [0.4, 0.5) is 0 Å². The number of ether oxygens (including phenoxy) is 2. The van der Waals surface area contributed by atoms with Crippen LogP contribution in [0.15, 0.2) is 5.18 Å². The van der Waals surface area contributed by atoms with Crippen LogP contribution < -0.4 is 5.32 Å². The summed E-state index contributed by atoms with van der Waals surface area (Å²) in [5.41, 5.74) is -0.137. The first kappa shape index (κ1) is 13.5. The number of nitrogens with one attached hydrogen (secondary N) is 1. The largest absolute Gasteiger partial charge is 0.412 e. The maximum atomic E-state index is 10.4. The van der Waals surface area contributed by atoms with Crippen LogP contribution in [0.1, 0.15) is 25.7 Å². The highest BCUT2D eigenvalue weighted by Gasteiger charge is 2.45. The zero-order valence-corrected chi connectivity index (χ0v) is 9.62. The topological polar surface area (TPSA) is 91.4 Å². The molecule has 94 valence electrons. The molecule has 0 aromatic rings. The molecule has 3 N–H and O–H groups in total. The van der Waals surface area contributed by atoms with Crippen LogP contribution >= 0.6 is 0 Å². The van der Waals surface area contributed by atoms with Gasteiger partial charge in [-0.3, -0.25) is 0 Å². The number of rotatable bonds is 3. The summed E-state index contributed by atoms with van der Waals surface area (Å²) in [4.78, 5) is 10.4. The van der Waals surface area contributed by atoms with Crippen molar-refractivity contribution in [3.05, 3.63) is 4.91 Å². The minimum atomic E-state index is -0.358. The van der Waals surface area contributed by atoms with Crippen LogP contribution in [0.25, 0.3) is 0 Å². The number of hydrogen-bond acceptors (Lipinski definition) is 5. The second-order valence-corrected chi connectivity index (χ2v) is 4.43. The molecule has 1 spiro atoms. The van der Waals surface area contributed by atoms with E-state index in [1.54, 1.807) is 0 Å². The fraction of sp³-hybridized carbons (Fsp3) is 1.00. The molecule has 1 saturated heterocycles. The molecule has 0 unspecified atom stereocenters. The molecule has 1 heterocycles. The molecular weight excluding hydrogens is 212 g/mol. The fourth-order valence-corrected chi connectivity index (χ4v) is 2.51. The van der Waals surface area contributed by atoms with E-state index in [0.29, 0.717) is 19.8 Å². The van der Waals surface area contributed by atoms with E-state index in [-0.39, 0.29) is 16.8 Å². The monoisotopic (exact) mass is 232 g/mol. The Morgan fingerprint density at radius 1 is 1.19 bits per heavy atom. The number of hydrogen-bond donors (Lipinski definition) is 1. The Hall–Kier alpha value is -0.560. The van der Waals surface area contributed by atoms with Crippen LogP contribution in [0.5, 0.6) is 0 Å². The Bertz CT molecular complexity index is 231. The van der Waals surface area contributed by atoms with Gasteiger partial charge in [-0.25, -0.2) is 0 Å². The summed E-state index contributed by atoms with van der Waals surface area (Å²) in [5, 5.41) is 6.24. The molecule has 1 saturated carbocycles. The van der Waals surface area contributed by atoms with Crippen molar-refractivity contribution in [2.75, 3.05) is 26.8 Å². The lowest BCUT2D eigenvalue weighted by Gasteiger charge is -2.42. The van der Waals surface area contributed by atoms with Crippen LogP contribution in [0.3, 0.4) is 0 Å². The van der Waals surface area contributed by atoms with Crippen molar-refractivity contribution in [2.24, 2.45) is 5.18 Å². The second-order valence-electron chi connectivity index (χ2n) is 4.43. The quantitative estimate of drug-likeness (QED) is 0.704. The van der Waals surface area contributed by atoms with E-state index >= 15 is 0 Å². The van der Waals surface area contributed by atoms with Crippen molar-refractivity contribution in [3.63, 3.8) is 0 Å². The molecule has 1 aliphatic heterocycles. The van der Waals surface area contributed by atoms with Gasteiger partial charge in [0.05, 0.1) is 19.8 Å². The Morgan fingerprint density at radius 3 is 2.19 bits per heavy atom. The molecule has 0 bridgehead atoms. The zero-order valence-electron chi connectivity index (χ0n) is 9.62. The summed E-state index contributed by atoms with van der Waals surface area (Å²) < 4.78 is 11.3. The van der Waals surface area contributed by atoms with Crippen LogP contribution in [-0.4, -0.2) is 43.6 Å². The smallest absolute Gasteiger partial charge is 0.168 e. The zero-order chi connectivity index (χ0) is 10.8. The molecule has 2 rings (SSSR count). The molecule has 1 aliphatic carbocycles. The van der Waals surface area contributed by atoms with E-state index in [1.165, 1.54) is 0 Å². The molecule has 2 fully saturated rings. The predicted octanol–water partition coefficient (Wildman–Crippen LogP) is 0.203. The van der Waals surface area contributed by atoms with Gasteiger partial charge in [0.25, 0.3) is 0 Å². The number of nitroso groups, excluding NO2 is 1. The van der Waals surface area contributed by atoms with Gasteiger partial charge in [-0.2, -0.15) is 4.91 Å². The summed E-state index contributed by atoms with van der Waals surface area (Å²) in [6.45, 7) is 1.72. The van der Waals surface area contributed by atoms with Gasteiger partial charge in [0.1, 0.15) is 0 Å². The number of nitrogens with zero attached hydrogens (tertiary/aromatic N) is 1. The first-order valence-corrected chi connectivity index (χ1v) is 5.50. The molecule has 0 amide bonds. The van der Waals surface area contributed by atoms with Gasteiger partial charge in [0, 0.05) is 18.4 Å². The maximum absolute atomic E-state index is 10.4. The van der Waals surface area contributed by atoms with E-state index in [0.717, 1.165) is 25.7 Å². The maximum Gasteiger partial charge on any atom is 0.168 e. The summed E-state index contributed by atoms with van der Waals surface area (Å²) in [5.74, 6) is -0.358. The van der Waals surface area contributed by atoms with Crippen LogP contribution in [-0.2, 0) is 9.47 Å². The molecule has 6 nitrogen and oxygen atoms in total. The van der Waals surface area contributed by atoms with E-state index in [4.69, 9.17) is 9.47 Å². The molecule has 0 aromatic heterocycles. The lowest BCUT2D eigenvalue weighted by molar-refractivity contribution is -0.185. The van der Waals surface area contributed by atoms with Crippen molar-refractivity contribution in [3.8, 4) is 0 Å². The van der Waals surface area contributed by atoms with E-state index in [2.05, 4.69) is 10.5 Å². The minimum Gasteiger partial charge on any atom is -0.412 e. The van der Waals surface area contributed by atoms with Gasteiger partial charge in [-0.05, 0) is 19.9 Å². The highest BCUT2D eigenvalue weighted by molar-refractivity contribution is 4.97. The summed E-state index contributed by atoms with van der Waals surface area (Å²) in [6, 6.07) is 0. The summed E-state index contributed by atoms with van der Waals surface area (Å²) >= 11 is 0. The van der Waals surface area contributed by atoms with Gasteiger partial charge in [-0.15, -0.1) is 0 Å². The van der Waals surface area contributed by atoms with E-state index in [1.807, 2.05) is 7.05 Å². The average Bonchev–Trinajstić information content (AvgIpc) is 2.72. The first-order chi connectivity index (χ1) is 7.24. The molecule has 6 heteroatoms. The van der Waals surface area contributed by atoms with Gasteiger partial charge < -0.3 is 20.3 Å².